The van der Waals surface area contributed by atoms with Crippen molar-refractivity contribution in [3.8, 4) is 17.5 Å². The van der Waals surface area contributed by atoms with Gasteiger partial charge in [-0.3, -0.25) is 0 Å². The van der Waals surface area contributed by atoms with Gasteiger partial charge >= 0.3 is 0 Å². The first-order valence-electron chi connectivity index (χ1n) is 7.21. The van der Waals surface area contributed by atoms with Crippen LogP contribution in [0.2, 0.25) is 0 Å². The Kier molecular flexibility index (Phi) is 4.38. The molecule has 3 rings (SSSR count). The van der Waals surface area contributed by atoms with Gasteiger partial charge < -0.3 is 19.8 Å². The van der Waals surface area contributed by atoms with Crippen molar-refractivity contribution in [1.82, 2.24) is 4.73 Å². The lowest BCUT2D eigenvalue weighted by Gasteiger charge is -2.13. The molecule has 0 amide bonds. The third kappa shape index (κ3) is 3.58. The molecule has 0 unspecified atom stereocenters. The molecule has 0 saturated carbocycles. The maximum Gasteiger partial charge on any atom is 0.229 e. The lowest BCUT2D eigenvalue weighted by molar-refractivity contribution is 0.0628. The summed E-state index contributed by atoms with van der Waals surface area (Å²) in [4.78, 5) is 5.42. The predicted molar refractivity (Wildman–Crippen MR) is 85.3 cm³/mol. The molecule has 0 radical (unpaired) electrons. The molecule has 23 heavy (non-hydrogen) atoms. The first-order chi connectivity index (χ1) is 11.2. The SMILES string of the molecule is Oc1ccc(O)n1OCc1ccccc1OCc1ccccc1. The van der Waals surface area contributed by atoms with Crippen LogP contribution in [0.15, 0.2) is 66.7 Å². The largest absolute Gasteiger partial charge is 0.492 e. The Labute approximate surface area is 133 Å². The Hall–Kier alpha value is -3.08. The van der Waals surface area contributed by atoms with Gasteiger partial charge in [0.05, 0.1) is 0 Å². The van der Waals surface area contributed by atoms with Gasteiger partial charge in [-0.15, -0.1) is 4.73 Å². The van der Waals surface area contributed by atoms with E-state index in [0.29, 0.717) is 12.4 Å². The molecule has 2 N–H and O–H groups in total. The summed E-state index contributed by atoms with van der Waals surface area (Å²) in [7, 11) is 0. The van der Waals surface area contributed by atoms with E-state index in [2.05, 4.69) is 0 Å². The molecule has 0 aliphatic carbocycles. The minimum atomic E-state index is -0.162. The van der Waals surface area contributed by atoms with Crippen LogP contribution in [-0.2, 0) is 13.2 Å². The molecule has 5 nitrogen and oxygen atoms in total. The highest BCUT2D eigenvalue weighted by Crippen LogP contribution is 2.22. The third-order valence-corrected chi connectivity index (χ3v) is 3.36. The molecular formula is C18H17NO4. The van der Waals surface area contributed by atoms with Crippen LogP contribution >= 0.6 is 0 Å². The van der Waals surface area contributed by atoms with Crippen molar-refractivity contribution in [2.45, 2.75) is 13.2 Å². The van der Waals surface area contributed by atoms with Crippen molar-refractivity contribution < 1.29 is 19.8 Å². The van der Waals surface area contributed by atoms with Gasteiger partial charge in [0, 0.05) is 17.7 Å². The Morgan fingerprint density at radius 2 is 1.39 bits per heavy atom. The molecule has 0 aliphatic rings. The van der Waals surface area contributed by atoms with Crippen molar-refractivity contribution >= 4 is 0 Å². The van der Waals surface area contributed by atoms with Gasteiger partial charge in [0.25, 0.3) is 0 Å². The van der Waals surface area contributed by atoms with Crippen molar-refractivity contribution in [2.75, 3.05) is 0 Å². The van der Waals surface area contributed by atoms with E-state index in [9.17, 15) is 10.2 Å². The van der Waals surface area contributed by atoms with Gasteiger partial charge in [-0.25, -0.2) is 0 Å². The molecule has 2 aromatic carbocycles. The van der Waals surface area contributed by atoms with Gasteiger partial charge in [0.15, 0.2) is 0 Å². The zero-order valence-electron chi connectivity index (χ0n) is 12.4. The normalized spacial score (nSPS) is 10.4. The standard InChI is InChI=1S/C18H17NO4/c20-17-10-11-18(21)19(17)23-13-15-8-4-5-9-16(15)22-12-14-6-2-1-3-7-14/h1-11,20-21H,12-13H2. The topological polar surface area (TPSA) is 63.9 Å². The molecule has 0 atom stereocenters. The first-order valence-corrected chi connectivity index (χ1v) is 7.21. The molecule has 118 valence electrons. The summed E-state index contributed by atoms with van der Waals surface area (Å²) < 4.78 is 6.81. The number of ether oxygens (including phenoxy) is 1. The average molecular weight is 311 g/mol. The van der Waals surface area contributed by atoms with Crippen molar-refractivity contribution in [3.05, 3.63) is 77.9 Å². The number of hydrogen-bond donors (Lipinski definition) is 2. The molecule has 0 saturated heterocycles. The van der Waals surface area contributed by atoms with Crippen molar-refractivity contribution in [2.24, 2.45) is 0 Å². The Morgan fingerprint density at radius 3 is 2.13 bits per heavy atom. The fourth-order valence-corrected chi connectivity index (χ4v) is 2.17. The Morgan fingerprint density at radius 1 is 0.739 bits per heavy atom. The Bertz CT molecular complexity index is 748. The highest BCUT2D eigenvalue weighted by Gasteiger charge is 2.09. The number of aromatic nitrogens is 1. The number of hydrogen-bond acceptors (Lipinski definition) is 4. The summed E-state index contributed by atoms with van der Waals surface area (Å²) in [6, 6.07) is 20.1. The van der Waals surface area contributed by atoms with Crippen LogP contribution in [0, 0.1) is 0 Å². The van der Waals surface area contributed by atoms with E-state index in [-0.39, 0.29) is 18.4 Å². The minimum Gasteiger partial charge on any atom is -0.492 e. The van der Waals surface area contributed by atoms with Crippen LogP contribution < -0.4 is 9.57 Å². The second-order valence-electron chi connectivity index (χ2n) is 5.00. The molecule has 0 spiro atoms. The average Bonchev–Trinajstić information content (AvgIpc) is 2.91. The summed E-state index contributed by atoms with van der Waals surface area (Å²) in [6.07, 6.45) is 0. The van der Waals surface area contributed by atoms with Gasteiger partial charge in [0.2, 0.25) is 11.8 Å². The van der Waals surface area contributed by atoms with Gasteiger partial charge in [-0.1, -0.05) is 48.5 Å². The minimum absolute atomic E-state index is 0.154. The van der Waals surface area contributed by atoms with E-state index in [1.54, 1.807) is 0 Å². The summed E-state index contributed by atoms with van der Waals surface area (Å²) in [5, 5.41) is 19.2. The van der Waals surface area contributed by atoms with E-state index in [1.807, 2.05) is 54.6 Å². The monoisotopic (exact) mass is 311 g/mol. The van der Waals surface area contributed by atoms with Gasteiger partial charge in [-0.2, -0.15) is 0 Å². The number of nitrogens with zero attached hydrogens (tertiary/aromatic N) is 1. The maximum absolute atomic E-state index is 9.58. The Balaban J connectivity index is 1.68. The number of rotatable bonds is 6. The number of para-hydroxylation sites is 1. The predicted octanol–water partition coefficient (Wildman–Crippen LogP) is 3.11. The van der Waals surface area contributed by atoms with Crippen molar-refractivity contribution in [3.63, 3.8) is 0 Å². The molecule has 5 heteroatoms. The molecule has 3 aromatic rings. The molecule has 0 aliphatic heterocycles. The summed E-state index contributed by atoms with van der Waals surface area (Å²) in [5.41, 5.74) is 1.89. The maximum atomic E-state index is 9.58. The highest BCUT2D eigenvalue weighted by molar-refractivity contribution is 5.33. The zero-order valence-corrected chi connectivity index (χ0v) is 12.4. The highest BCUT2D eigenvalue weighted by atomic mass is 16.7. The molecular weight excluding hydrogens is 294 g/mol. The third-order valence-electron chi connectivity index (χ3n) is 3.36. The van der Waals surface area contributed by atoms with Crippen LogP contribution in [0.3, 0.4) is 0 Å². The number of benzene rings is 2. The zero-order chi connectivity index (χ0) is 16.1. The summed E-state index contributed by atoms with van der Waals surface area (Å²) in [5.74, 6) is 0.373. The summed E-state index contributed by atoms with van der Waals surface area (Å²) in [6.45, 7) is 0.610. The second-order valence-corrected chi connectivity index (χ2v) is 5.00. The van der Waals surface area contributed by atoms with E-state index in [0.717, 1.165) is 15.9 Å². The number of aromatic hydroxyl groups is 2. The first kappa shape index (κ1) is 14.8. The van der Waals surface area contributed by atoms with Crippen LogP contribution in [0.4, 0.5) is 0 Å². The van der Waals surface area contributed by atoms with Crippen LogP contribution in [0.5, 0.6) is 17.5 Å². The van der Waals surface area contributed by atoms with E-state index >= 15 is 0 Å². The molecule has 0 fully saturated rings. The van der Waals surface area contributed by atoms with E-state index < -0.39 is 0 Å². The van der Waals surface area contributed by atoms with E-state index in [4.69, 9.17) is 9.57 Å². The fourth-order valence-electron chi connectivity index (χ4n) is 2.17. The van der Waals surface area contributed by atoms with E-state index in [1.165, 1.54) is 12.1 Å². The summed E-state index contributed by atoms with van der Waals surface area (Å²) >= 11 is 0. The smallest absolute Gasteiger partial charge is 0.229 e. The van der Waals surface area contributed by atoms with Crippen molar-refractivity contribution in [1.29, 1.82) is 0 Å². The van der Waals surface area contributed by atoms with Crippen LogP contribution in [0.1, 0.15) is 11.1 Å². The van der Waals surface area contributed by atoms with Crippen LogP contribution in [0.25, 0.3) is 0 Å². The van der Waals surface area contributed by atoms with Crippen LogP contribution in [-0.4, -0.2) is 14.9 Å². The lowest BCUT2D eigenvalue weighted by atomic mass is 10.2. The molecule has 1 heterocycles. The van der Waals surface area contributed by atoms with Gasteiger partial charge in [-0.05, 0) is 11.6 Å². The molecule has 0 bridgehead atoms. The quantitative estimate of drug-likeness (QED) is 0.734. The second kappa shape index (κ2) is 6.79. The van der Waals surface area contributed by atoms with Gasteiger partial charge in [0.1, 0.15) is 19.0 Å². The lowest BCUT2D eigenvalue weighted by Crippen LogP contribution is -2.11. The fraction of sp³-hybridized carbons (Fsp3) is 0.111. The molecule has 1 aromatic heterocycles.